The molecule has 0 aliphatic heterocycles. The fraction of sp³-hybridized carbons (Fsp3) is 0.286. The van der Waals surface area contributed by atoms with Gasteiger partial charge in [-0.25, -0.2) is 0 Å². The molecule has 0 fully saturated rings. The maximum atomic E-state index is 10.9. The van der Waals surface area contributed by atoms with Crippen LogP contribution in [0.15, 0.2) is 22.8 Å². The molecule has 0 saturated carbocycles. The topological polar surface area (TPSA) is 68.3 Å². The van der Waals surface area contributed by atoms with Crippen molar-refractivity contribution in [3.8, 4) is 0 Å². The number of nitrogens with one attached hydrogen (secondary N) is 1. The van der Waals surface area contributed by atoms with Gasteiger partial charge in [-0.1, -0.05) is 0 Å². The average molecular weight is 191 g/mol. The maximum Gasteiger partial charge on any atom is 0.244 e. The van der Waals surface area contributed by atoms with Gasteiger partial charge in [0.25, 0.3) is 0 Å². The van der Waals surface area contributed by atoms with Gasteiger partial charge in [0.15, 0.2) is 0 Å². The van der Waals surface area contributed by atoms with Crippen LogP contribution in [-0.2, 0) is 4.79 Å². The number of hydrogen-bond donors (Lipinski definition) is 2. The summed E-state index contributed by atoms with van der Waals surface area (Å²) in [6.45, 7) is 0. The molecular formula is C7H11ClN2O2. The van der Waals surface area contributed by atoms with Gasteiger partial charge in [0.2, 0.25) is 5.91 Å². The first kappa shape index (κ1) is 11.0. The number of amides is 1. The zero-order valence-electron chi connectivity index (χ0n) is 6.61. The van der Waals surface area contributed by atoms with Crippen LogP contribution in [0.2, 0.25) is 0 Å². The van der Waals surface area contributed by atoms with Gasteiger partial charge < -0.3 is 15.5 Å². The molecule has 0 bridgehead atoms. The largest absolute Gasteiger partial charge is 0.467 e. The Morgan fingerprint density at radius 3 is 2.83 bits per heavy atom. The fourth-order valence-electron chi connectivity index (χ4n) is 0.753. The van der Waals surface area contributed by atoms with Gasteiger partial charge in [-0.3, -0.25) is 4.79 Å². The zero-order chi connectivity index (χ0) is 8.27. The van der Waals surface area contributed by atoms with E-state index in [9.17, 15) is 4.79 Å². The average Bonchev–Trinajstić information content (AvgIpc) is 2.53. The van der Waals surface area contributed by atoms with Crippen LogP contribution in [0, 0.1) is 0 Å². The third-order valence-electron chi connectivity index (χ3n) is 1.38. The lowest BCUT2D eigenvalue weighted by molar-refractivity contribution is -0.122. The number of nitrogens with two attached hydrogens (primary N) is 1. The number of carbonyl (C=O) groups is 1. The quantitative estimate of drug-likeness (QED) is 0.712. The van der Waals surface area contributed by atoms with E-state index >= 15 is 0 Å². The van der Waals surface area contributed by atoms with E-state index < -0.39 is 6.04 Å². The third-order valence-corrected chi connectivity index (χ3v) is 1.38. The molecule has 3 N–H and O–H groups in total. The third kappa shape index (κ3) is 2.25. The second-order valence-corrected chi connectivity index (χ2v) is 2.11. The van der Waals surface area contributed by atoms with E-state index in [1.54, 1.807) is 12.1 Å². The number of hydrogen-bond acceptors (Lipinski definition) is 3. The van der Waals surface area contributed by atoms with E-state index in [2.05, 4.69) is 5.32 Å². The van der Waals surface area contributed by atoms with E-state index in [4.69, 9.17) is 10.2 Å². The highest BCUT2D eigenvalue weighted by Gasteiger charge is 2.15. The second-order valence-electron chi connectivity index (χ2n) is 2.11. The highest BCUT2D eigenvalue weighted by Crippen LogP contribution is 2.09. The number of halogens is 1. The van der Waals surface area contributed by atoms with E-state index in [1.165, 1.54) is 13.3 Å². The Morgan fingerprint density at radius 2 is 2.42 bits per heavy atom. The minimum atomic E-state index is -0.699. The van der Waals surface area contributed by atoms with Gasteiger partial charge in [-0.2, -0.15) is 0 Å². The van der Waals surface area contributed by atoms with Crippen LogP contribution in [0.4, 0.5) is 0 Å². The Kier molecular flexibility index (Phi) is 4.39. The van der Waals surface area contributed by atoms with E-state index in [0.29, 0.717) is 5.76 Å². The van der Waals surface area contributed by atoms with Gasteiger partial charge in [0.05, 0.1) is 6.26 Å². The van der Waals surface area contributed by atoms with E-state index in [-0.39, 0.29) is 18.3 Å². The number of furan rings is 1. The van der Waals surface area contributed by atoms with Crippen LogP contribution in [0.5, 0.6) is 0 Å². The van der Waals surface area contributed by atoms with Gasteiger partial charge in [0.1, 0.15) is 11.8 Å². The molecule has 1 aromatic rings. The number of likely N-dealkylation sites (N-methyl/N-ethyl adjacent to an activating group) is 1. The predicted molar refractivity (Wildman–Crippen MR) is 47.0 cm³/mol. The molecule has 1 unspecified atom stereocenters. The zero-order valence-corrected chi connectivity index (χ0v) is 7.43. The Morgan fingerprint density at radius 1 is 1.75 bits per heavy atom. The van der Waals surface area contributed by atoms with Crippen molar-refractivity contribution in [1.29, 1.82) is 0 Å². The molecule has 12 heavy (non-hydrogen) atoms. The summed E-state index contributed by atoms with van der Waals surface area (Å²) < 4.78 is 4.93. The lowest BCUT2D eigenvalue weighted by Gasteiger charge is -2.05. The first-order valence-corrected chi connectivity index (χ1v) is 3.26. The van der Waals surface area contributed by atoms with Crippen molar-refractivity contribution in [2.45, 2.75) is 6.04 Å². The van der Waals surface area contributed by atoms with Gasteiger partial charge in [-0.05, 0) is 12.1 Å². The summed E-state index contributed by atoms with van der Waals surface area (Å²) in [6.07, 6.45) is 1.48. The molecule has 0 aliphatic rings. The predicted octanol–water partition coefficient (Wildman–Crippen LogP) is 0.447. The molecule has 0 saturated heterocycles. The van der Waals surface area contributed by atoms with Gasteiger partial charge >= 0.3 is 0 Å². The minimum absolute atomic E-state index is 0. The summed E-state index contributed by atoms with van der Waals surface area (Å²) in [5.74, 6) is 0.226. The van der Waals surface area contributed by atoms with Crippen molar-refractivity contribution in [3.63, 3.8) is 0 Å². The minimum Gasteiger partial charge on any atom is -0.467 e. The summed E-state index contributed by atoms with van der Waals surface area (Å²) in [5.41, 5.74) is 5.49. The van der Waals surface area contributed by atoms with E-state index in [0.717, 1.165) is 0 Å². The molecule has 0 aromatic carbocycles. The second kappa shape index (κ2) is 4.79. The monoisotopic (exact) mass is 190 g/mol. The van der Waals surface area contributed by atoms with Crippen molar-refractivity contribution in [2.75, 3.05) is 7.05 Å². The molecular weight excluding hydrogens is 180 g/mol. The van der Waals surface area contributed by atoms with Gasteiger partial charge in [0, 0.05) is 7.05 Å². The SMILES string of the molecule is CNC(=O)C(N)c1ccco1.Cl. The molecule has 5 heteroatoms. The number of rotatable bonds is 2. The summed E-state index contributed by atoms with van der Waals surface area (Å²) >= 11 is 0. The Bertz CT molecular complexity index is 236. The molecule has 1 aromatic heterocycles. The van der Waals surface area contributed by atoms with Crippen LogP contribution in [0.25, 0.3) is 0 Å². The van der Waals surface area contributed by atoms with Crippen molar-refractivity contribution < 1.29 is 9.21 Å². The molecule has 1 rings (SSSR count). The van der Waals surface area contributed by atoms with Crippen molar-refractivity contribution in [2.24, 2.45) is 5.73 Å². The standard InChI is InChI=1S/C7H10N2O2.ClH/c1-9-7(10)6(8)5-3-2-4-11-5;/h2-4,6H,8H2,1H3,(H,9,10);1H. The first-order chi connectivity index (χ1) is 5.25. The molecule has 4 nitrogen and oxygen atoms in total. The maximum absolute atomic E-state index is 10.9. The molecule has 68 valence electrons. The summed E-state index contributed by atoms with van der Waals surface area (Å²) in [6, 6.07) is 2.66. The Hall–Kier alpha value is -1.00. The van der Waals surface area contributed by atoms with Gasteiger partial charge in [-0.15, -0.1) is 12.4 Å². The lowest BCUT2D eigenvalue weighted by Crippen LogP contribution is -2.30. The van der Waals surface area contributed by atoms with Crippen molar-refractivity contribution in [3.05, 3.63) is 24.2 Å². The van der Waals surface area contributed by atoms with Crippen LogP contribution >= 0.6 is 12.4 Å². The summed E-state index contributed by atoms with van der Waals surface area (Å²) in [5, 5.41) is 2.43. The van der Waals surface area contributed by atoms with Crippen molar-refractivity contribution in [1.82, 2.24) is 5.32 Å². The lowest BCUT2D eigenvalue weighted by atomic mass is 10.2. The molecule has 0 aliphatic carbocycles. The summed E-state index contributed by atoms with van der Waals surface area (Å²) in [4.78, 5) is 10.9. The van der Waals surface area contributed by atoms with Crippen molar-refractivity contribution >= 4 is 18.3 Å². The first-order valence-electron chi connectivity index (χ1n) is 3.26. The van der Waals surface area contributed by atoms with Crippen LogP contribution in [0.3, 0.4) is 0 Å². The molecule has 0 spiro atoms. The molecule has 0 radical (unpaired) electrons. The Labute approximate surface area is 76.5 Å². The fourth-order valence-corrected chi connectivity index (χ4v) is 0.753. The highest BCUT2D eigenvalue weighted by atomic mass is 35.5. The number of carbonyl (C=O) groups excluding carboxylic acids is 1. The molecule has 1 amide bonds. The smallest absolute Gasteiger partial charge is 0.244 e. The normalized spacial score (nSPS) is 11.5. The van der Waals surface area contributed by atoms with E-state index in [1.807, 2.05) is 0 Å². The highest BCUT2D eigenvalue weighted by molar-refractivity contribution is 5.85. The summed E-state index contributed by atoms with van der Waals surface area (Å²) in [7, 11) is 1.53. The van der Waals surface area contributed by atoms with Crippen LogP contribution in [0.1, 0.15) is 11.8 Å². The Balaban J connectivity index is 0.00000121. The van der Waals surface area contributed by atoms with Crippen LogP contribution in [-0.4, -0.2) is 13.0 Å². The van der Waals surface area contributed by atoms with Crippen LogP contribution < -0.4 is 11.1 Å². The molecule has 1 heterocycles. The molecule has 1 atom stereocenters.